The second kappa shape index (κ2) is 8.82. The van der Waals surface area contributed by atoms with E-state index in [1.54, 1.807) is 29.8 Å². The highest BCUT2D eigenvalue weighted by atomic mass is 35.5. The number of H-pyrrole nitrogens is 1. The largest absolute Gasteiger partial charge is 0.507 e. The monoisotopic (exact) mass is 491 g/mol. The lowest BCUT2D eigenvalue weighted by Gasteiger charge is -2.52. The van der Waals surface area contributed by atoms with Gasteiger partial charge in [-0.2, -0.15) is 10.1 Å². The second-order valence-electron chi connectivity index (χ2n) is 8.27. The number of aromatic amines is 1. The number of thiazole rings is 1. The number of rotatable bonds is 3. The molecule has 1 aromatic carbocycles. The molecule has 0 bridgehead atoms. The Hall–Kier alpha value is -2.46. The molecule has 2 aliphatic rings. The topological polar surface area (TPSA) is 103 Å². The first kappa shape index (κ1) is 22.7. The molecule has 2 fully saturated rings. The summed E-state index contributed by atoms with van der Waals surface area (Å²) in [6.45, 7) is 4.34. The predicted octanol–water partition coefficient (Wildman–Crippen LogP) is 3.88. The molecule has 3 N–H and O–H groups in total. The Bertz CT molecular complexity index is 1220. The summed E-state index contributed by atoms with van der Waals surface area (Å²) < 4.78 is 0.982. The van der Waals surface area contributed by atoms with E-state index in [-0.39, 0.29) is 30.6 Å². The standard InChI is InChI=1S/C21H21N7OS.2ClH/c29-17-6-13(14-8-23-24-9-14)2-3-15(17)16-7-18-19(27-26-16)25-20(30-18)28-11-21(12-28)4-1-5-22-10-21;;/h2-3,6-9,22,29H,1,4-5,10-12H2,(H,23,24);2*1H. The molecule has 0 atom stereocenters. The minimum atomic E-state index is 0. The Labute approximate surface area is 201 Å². The molecule has 32 heavy (non-hydrogen) atoms. The Balaban J connectivity index is 0.00000122. The van der Waals surface area contributed by atoms with Gasteiger partial charge in [-0.05, 0) is 43.1 Å². The molecular formula is C21H23Cl2N7OS. The van der Waals surface area contributed by atoms with Crippen LogP contribution in [0.25, 0.3) is 32.7 Å². The highest BCUT2D eigenvalue weighted by Gasteiger charge is 2.44. The average Bonchev–Trinajstić information content (AvgIpc) is 3.42. The summed E-state index contributed by atoms with van der Waals surface area (Å²) in [5, 5.41) is 30.5. The van der Waals surface area contributed by atoms with Gasteiger partial charge in [0, 0.05) is 42.4 Å². The molecule has 0 saturated carbocycles. The van der Waals surface area contributed by atoms with Gasteiger partial charge in [0.25, 0.3) is 0 Å². The molecule has 0 amide bonds. The number of aromatic nitrogens is 5. The number of fused-ring (bicyclic) bond motifs is 1. The van der Waals surface area contributed by atoms with Gasteiger partial charge in [-0.25, -0.2) is 0 Å². The van der Waals surface area contributed by atoms with E-state index in [4.69, 9.17) is 4.98 Å². The van der Waals surface area contributed by atoms with Crippen LogP contribution in [0.4, 0.5) is 5.13 Å². The number of anilines is 1. The van der Waals surface area contributed by atoms with E-state index in [1.807, 2.05) is 18.2 Å². The van der Waals surface area contributed by atoms with Crippen LogP contribution in [0.1, 0.15) is 12.8 Å². The van der Waals surface area contributed by atoms with Crippen LogP contribution in [0.3, 0.4) is 0 Å². The maximum atomic E-state index is 10.6. The minimum absolute atomic E-state index is 0. The summed E-state index contributed by atoms with van der Waals surface area (Å²) in [6.07, 6.45) is 6.07. The van der Waals surface area contributed by atoms with Crippen LogP contribution in [-0.4, -0.2) is 56.7 Å². The zero-order valence-electron chi connectivity index (χ0n) is 17.1. The third kappa shape index (κ3) is 3.90. The lowest BCUT2D eigenvalue weighted by molar-refractivity contribution is 0.157. The van der Waals surface area contributed by atoms with Crippen LogP contribution in [0, 0.1) is 5.41 Å². The van der Waals surface area contributed by atoms with Crippen LogP contribution >= 0.6 is 36.2 Å². The zero-order valence-corrected chi connectivity index (χ0v) is 19.6. The molecular weight excluding hydrogens is 469 g/mol. The van der Waals surface area contributed by atoms with Gasteiger partial charge in [0.05, 0.1) is 16.6 Å². The quantitative estimate of drug-likeness (QED) is 0.399. The smallest absolute Gasteiger partial charge is 0.194 e. The van der Waals surface area contributed by atoms with E-state index in [9.17, 15) is 5.11 Å². The number of aromatic hydroxyl groups is 1. The van der Waals surface area contributed by atoms with Crippen molar-refractivity contribution in [1.82, 2.24) is 30.7 Å². The minimum Gasteiger partial charge on any atom is -0.507 e. The summed E-state index contributed by atoms with van der Waals surface area (Å²) in [5.41, 5.74) is 4.19. The van der Waals surface area contributed by atoms with E-state index < -0.39 is 0 Å². The lowest BCUT2D eigenvalue weighted by atomic mass is 9.74. The molecule has 6 rings (SSSR count). The highest BCUT2D eigenvalue weighted by Crippen LogP contribution is 2.42. The SMILES string of the molecule is Cl.Cl.Oc1cc(-c2cn[nH]c2)ccc1-c1cc2sc(N3CC4(CCCNC4)C3)nc2nn1. The van der Waals surface area contributed by atoms with Gasteiger partial charge >= 0.3 is 0 Å². The van der Waals surface area contributed by atoms with Crippen LogP contribution in [-0.2, 0) is 0 Å². The fraction of sp³-hybridized carbons (Fsp3) is 0.333. The first-order valence-corrected chi connectivity index (χ1v) is 10.9. The number of halogens is 2. The third-order valence-corrected chi connectivity index (χ3v) is 7.18. The number of nitrogens with zero attached hydrogens (tertiary/aromatic N) is 5. The maximum Gasteiger partial charge on any atom is 0.194 e. The molecule has 8 nitrogen and oxygen atoms in total. The molecule has 2 saturated heterocycles. The fourth-order valence-electron chi connectivity index (χ4n) is 4.53. The van der Waals surface area contributed by atoms with E-state index in [1.165, 1.54) is 12.8 Å². The number of nitrogens with one attached hydrogen (secondary N) is 2. The lowest BCUT2D eigenvalue weighted by Crippen LogP contribution is -2.62. The van der Waals surface area contributed by atoms with Gasteiger partial charge < -0.3 is 15.3 Å². The van der Waals surface area contributed by atoms with Crippen LogP contribution < -0.4 is 10.2 Å². The van der Waals surface area contributed by atoms with Crippen LogP contribution in [0.15, 0.2) is 36.7 Å². The number of benzene rings is 1. The van der Waals surface area contributed by atoms with Gasteiger partial charge in [-0.1, -0.05) is 17.4 Å². The Morgan fingerprint density at radius 1 is 1.09 bits per heavy atom. The molecule has 0 radical (unpaired) electrons. The predicted molar refractivity (Wildman–Crippen MR) is 131 cm³/mol. The molecule has 0 unspecified atom stereocenters. The molecule has 0 aliphatic carbocycles. The average molecular weight is 492 g/mol. The molecule has 1 spiro atoms. The summed E-state index contributed by atoms with van der Waals surface area (Å²) in [7, 11) is 0. The second-order valence-corrected chi connectivity index (χ2v) is 9.28. The highest BCUT2D eigenvalue weighted by molar-refractivity contribution is 7.22. The fourth-order valence-corrected chi connectivity index (χ4v) is 5.47. The van der Waals surface area contributed by atoms with Crippen molar-refractivity contribution in [2.24, 2.45) is 5.41 Å². The number of hydrogen-bond donors (Lipinski definition) is 3. The van der Waals surface area contributed by atoms with E-state index in [2.05, 4.69) is 30.6 Å². The summed E-state index contributed by atoms with van der Waals surface area (Å²) in [6, 6.07) is 7.50. The molecule has 4 aromatic rings. The van der Waals surface area contributed by atoms with Gasteiger partial charge in [-0.15, -0.1) is 35.0 Å². The third-order valence-electron chi connectivity index (χ3n) is 6.13. The maximum absolute atomic E-state index is 10.6. The summed E-state index contributed by atoms with van der Waals surface area (Å²) in [5.74, 6) is 0.168. The van der Waals surface area contributed by atoms with Crippen molar-refractivity contribution < 1.29 is 5.11 Å². The van der Waals surface area contributed by atoms with Crippen molar-refractivity contribution in [2.45, 2.75) is 12.8 Å². The Morgan fingerprint density at radius 3 is 2.69 bits per heavy atom. The van der Waals surface area contributed by atoms with E-state index in [0.717, 1.165) is 47.1 Å². The normalized spacial score (nSPS) is 16.9. The van der Waals surface area contributed by atoms with E-state index in [0.29, 0.717) is 22.3 Å². The van der Waals surface area contributed by atoms with Gasteiger partial charge in [0.15, 0.2) is 10.8 Å². The van der Waals surface area contributed by atoms with Crippen molar-refractivity contribution in [3.05, 3.63) is 36.7 Å². The van der Waals surface area contributed by atoms with Crippen molar-refractivity contribution >= 4 is 51.6 Å². The molecule has 3 aromatic heterocycles. The first-order chi connectivity index (χ1) is 14.7. The molecule has 11 heteroatoms. The van der Waals surface area contributed by atoms with Gasteiger partial charge in [-0.3, -0.25) is 5.10 Å². The molecule has 5 heterocycles. The summed E-state index contributed by atoms with van der Waals surface area (Å²) >= 11 is 1.64. The molecule has 168 valence electrons. The Kier molecular flexibility index (Phi) is 6.26. The number of phenols is 1. The number of hydrogen-bond acceptors (Lipinski definition) is 8. The molecule has 2 aliphatic heterocycles. The van der Waals surface area contributed by atoms with Crippen molar-refractivity contribution in [1.29, 1.82) is 0 Å². The number of phenolic OH excluding ortho intramolecular Hbond substituents is 1. The van der Waals surface area contributed by atoms with Crippen LogP contribution in [0.2, 0.25) is 0 Å². The Morgan fingerprint density at radius 2 is 1.97 bits per heavy atom. The van der Waals surface area contributed by atoms with Crippen LogP contribution in [0.5, 0.6) is 5.75 Å². The van der Waals surface area contributed by atoms with Crippen molar-refractivity contribution in [2.75, 3.05) is 31.1 Å². The van der Waals surface area contributed by atoms with Crippen molar-refractivity contribution in [3.8, 4) is 28.1 Å². The number of piperidine rings is 1. The summed E-state index contributed by atoms with van der Waals surface area (Å²) in [4.78, 5) is 7.04. The van der Waals surface area contributed by atoms with Gasteiger partial charge in [0.2, 0.25) is 0 Å². The van der Waals surface area contributed by atoms with E-state index >= 15 is 0 Å². The van der Waals surface area contributed by atoms with Gasteiger partial charge in [0.1, 0.15) is 5.75 Å². The first-order valence-electron chi connectivity index (χ1n) is 10.1. The van der Waals surface area contributed by atoms with Crippen molar-refractivity contribution in [3.63, 3.8) is 0 Å². The zero-order chi connectivity index (χ0) is 20.1.